The Labute approximate surface area is 149 Å². The molecule has 0 fully saturated rings. The third-order valence-electron chi connectivity index (χ3n) is 4.88. The summed E-state index contributed by atoms with van der Waals surface area (Å²) in [4.78, 5) is 15.0. The van der Waals surface area contributed by atoms with Crippen molar-refractivity contribution in [2.24, 2.45) is 11.8 Å². The lowest BCUT2D eigenvalue weighted by molar-refractivity contribution is -0.123. The summed E-state index contributed by atoms with van der Waals surface area (Å²) in [6.07, 6.45) is 13.6. The van der Waals surface area contributed by atoms with E-state index in [0.717, 1.165) is 12.1 Å². The molecule has 2 aliphatic rings. The topological polar surface area (TPSA) is 29.1 Å². The van der Waals surface area contributed by atoms with Crippen LogP contribution in [-0.4, -0.2) is 5.91 Å². The summed E-state index contributed by atoms with van der Waals surface area (Å²) in [6.45, 7) is 8.30. The average Bonchev–Trinajstić information content (AvgIpc) is 3.02. The fourth-order valence-corrected chi connectivity index (χ4v) is 4.78. The van der Waals surface area contributed by atoms with Gasteiger partial charge in [-0.2, -0.15) is 0 Å². The molecule has 0 spiro atoms. The first-order chi connectivity index (χ1) is 11.5. The highest BCUT2D eigenvalue weighted by atomic mass is 32.1. The second-order valence-electron chi connectivity index (χ2n) is 7.08. The molecule has 1 unspecified atom stereocenters. The van der Waals surface area contributed by atoms with E-state index in [2.05, 4.69) is 43.5 Å². The molecule has 0 saturated heterocycles. The van der Waals surface area contributed by atoms with Gasteiger partial charge in [0.1, 0.15) is 0 Å². The Morgan fingerprint density at radius 2 is 2.08 bits per heavy atom. The molecule has 1 N–H and O–H groups in total. The van der Waals surface area contributed by atoms with Gasteiger partial charge in [-0.3, -0.25) is 4.79 Å². The van der Waals surface area contributed by atoms with Gasteiger partial charge >= 0.3 is 0 Å². The molecular weight excluding hydrogens is 314 g/mol. The van der Waals surface area contributed by atoms with E-state index in [-0.39, 0.29) is 11.8 Å². The standard InChI is InChI=1S/C21H27NOS/c1-5-15-11-16(9-10-17(12-15)22-21(23)13(2)3)20-14(4)24-19-8-6-7-18(19)20/h9-13,15H,5-8H2,1-4H3,(H,22,23). The van der Waals surface area contributed by atoms with Gasteiger partial charge in [-0.1, -0.05) is 39.0 Å². The molecule has 0 saturated carbocycles. The maximum atomic E-state index is 12.0. The van der Waals surface area contributed by atoms with Crippen LogP contribution >= 0.6 is 11.3 Å². The number of thiophene rings is 1. The largest absolute Gasteiger partial charge is 0.326 e. The van der Waals surface area contributed by atoms with Crippen molar-refractivity contribution in [3.05, 3.63) is 50.9 Å². The molecular formula is C21H27NOS. The minimum absolute atomic E-state index is 0.00236. The molecule has 2 aliphatic carbocycles. The van der Waals surface area contributed by atoms with Gasteiger partial charge < -0.3 is 5.32 Å². The zero-order valence-electron chi connectivity index (χ0n) is 15.1. The van der Waals surface area contributed by atoms with Crippen LogP contribution in [-0.2, 0) is 17.6 Å². The van der Waals surface area contributed by atoms with Gasteiger partial charge in [-0.05, 0) is 61.3 Å². The van der Waals surface area contributed by atoms with Crippen molar-refractivity contribution in [2.75, 3.05) is 0 Å². The van der Waals surface area contributed by atoms with Crippen molar-refractivity contribution in [1.82, 2.24) is 5.32 Å². The molecule has 1 amide bonds. The summed E-state index contributed by atoms with van der Waals surface area (Å²) in [6, 6.07) is 0. The van der Waals surface area contributed by atoms with Gasteiger partial charge in [0.25, 0.3) is 0 Å². The van der Waals surface area contributed by atoms with Crippen LogP contribution < -0.4 is 5.32 Å². The van der Waals surface area contributed by atoms with Crippen LogP contribution in [0.15, 0.2) is 30.0 Å². The normalized spacial score (nSPS) is 19.8. The van der Waals surface area contributed by atoms with Crippen LogP contribution in [0.3, 0.4) is 0 Å². The summed E-state index contributed by atoms with van der Waals surface area (Å²) in [5.74, 6) is 0.433. The quantitative estimate of drug-likeness (QED) is 0.803. The van der Waals surface area contributed by atoms with Crippen molar-refractivity contribution in [3.63, 3.8) is 0 Å². The van der Waals surface area contributed by atoms with E-state index in [0.29, 0.717) is 5.92 Å². The molecule has 3 rings (SSSR count). The number of carbonyl (C=O) groups is 1. The highest BCUT2D eigenvalue weighted by Crippen LogP contribution is 2.40. The molecule has 2 nitrogen and oxygen atoms in total. The molecule has 0 aromatic carbocycles. The number of rotatable bonds is 4. The smallest absolute Gasteiger partial charge is 0.226 e. The van der Waals surface area contributed by atoms with E-state index in [1.807, 2.05) is 25.2 Å². The third-order valence-corrected chi connectivity index (χ3v) is 6.09. The SMILES string of the molecule is CCC1C=C(NC(=O)C(C)C)C=CC(c2c(C)sc3c2CCC3)=C1. The predicted octanol–water partition coefficient (Wildman–Crippen LogP) is 5.18. The van der Waals surface area contributed by atoms with Crippen LogP contribution in [0.2, 0.25) is 0 Å². The first-order valence-corrected chi connectivity index (χ1v) is 9.85. The lowest BCUT2D eigenvalue weighted by Crippen LogP contribution is -2.26. The monoisotopic (exact) mass is 341 g/mol. The number of carbonyl (C=O) groups excluding carboxylic acids is 1. The summed E-state index contributed by atoms with van der Waals surface area (Å²) in [5, 5.41) is 3.06. The maximum absolute atomic E-state index is 12.0. The predicted molar refractivity (Wildman–Crippen MR) is 103 cm³/mol. The fraction of sp³-hybridized carbons (Fsp3) is 0.476. The van der Waals surface area contributed by atoms with Crippen molar-refractivity contribution < 1.29 is 4.79 Å². The number of aryl methyl sites for hydroxylation is 2. The van der Waals surface area contributed by atoms with E-state index in [9.17, 15) is 4.79 Å². The summed E-state index contributed by atoms with van der Waals surface area (Å²) in [7, 11) is 0. The van der Waals surface area contributed by atoms with E-state index >= 15 is 0 Å². The number of hydrogen-bond acceptors (Lipinski definition) is 2. The molecule has 24 heavy (non-hydrogen) atoms. The van der Waals surface area contributed by atoms with Gasteiger partial charge in [-0.25, -0.2) is 0 Å². The summed E-state index contributed by atoms with van der Waals surface area (Å²) >= 11 is 1.97. The Balaban J connectivity index is 1.92. The molecule has 0 aliphatic heterocycles. The Hall–Kier alpha value is -1.61. The van der Waals surface area contributed by atoms with Gasteiger partial charge in [0.05, 0.1) is 0 Å². The molecule has 3 heteroatoms. The van der Waals surface area contributed by atoms with Crippen molar-refractivity contribution in [1.29, 1.82) is 0 Å². The maximum Gasteiger partial charge on any atom is 0.226 e. The second kappa shape index (κ2) is 7.10. The minimum Gasteiger partial charge on any atom is -0.326 e. The first-order valence-electron chi connectivity index (χ1n) is 9.03. The molecule has 1 atom stereocenters. The molecule has 1 aromatic heterocycles. The number of hydrogen-bond donors (Lipinski definition) is 1. The van der Waals surface area contributed by atoms with Gasteiger partial charge in [-0.15, -0.1) is 11.3 Å². The highest BCUT2D eigenvalue weighted by molar-refractivity contribution is 7.12. The Bertz CT molecular complexity index is 733. The molecule has 1 heterocycles. The zero-order chi connectivity index (χ0) is 17.3. The number of amides is 1. The van der Waals surface area contributed by atoms with Crippen LogP contribution in [0.25, 0.3) is 5.57 Å². The van der Waals surface area contributed by atoms with E-state index < -0.39 is 0 Å². The van der Waals surface area contributed by atoms with Crippen LogP contribution in [0.4, 0.5) is 0 Å². The van der Waals surface area contributed by atoms with Crippen molar-refractivity contribution in [3.8, 4) is 0 Å². The lowest BCUT2D eigenvalue weighted by Gasteiger charge is -2.10. The number of fused-ring (bicyclic) bond motifs is 1. The Morgan fingerprint density at radius 1 is 1.29 bits per heavy atom. The molecule has 1 aromatic rings. The third kappa shape index (κ3) is 3.41. The van der Waals surface area contributed by atoms with Crippen molar-refractivity contribution in [2.45, 2.75) is 53.4 Å². The fourth-order valence-electron chi connectivity index (χ4n) is 3.49. The Morgan fingerprint density at radius 3 is 2.79 bits per heavy atom. The second-order valence-corrected chi connectivity index (χ2v) is 8.39. The summed E-state index contributed by atoms with van der Waals surface area (Å²) < 4.78 is 0. The van der Waals surface area contributed by atoms with Gasteiger partial charge in [0.15, 0.2) is 0 Å². The molecule has 0 radical (unpaired) electrons. The lowest BCUT2D eigenvalue weighted by atomic mass is 9.96. The Kier molecular flexibility index (Phi) is 5.09. The highest BCUT2D eigenvalue weighted by Gasteiger charge is 2.22. The number of allylic oxidation sites excluding steroid dienone is 5. The number of nitrogens with one attached hydrogen (secondary N) is 1. The first kappa shape index (κ1) is 17.2. The van der Waals surface area contributed by atoms with Crippen molar-refractivity contribution >= 4 is 22.8 Å². The van der Waals surface area contributed by atoms with Crippen LogP contribution in [0, 0.1) is 18.8 Å². The average molecular weight is 342 g/mol. The molecule has 0 bridgehead atoms. The van der Waals surface area contributed by atoms with Crippen LogP contribution in [0.5, 0.6) is 0 Å². The van der Waals surface area contributed by atoms with Gasteiger partial charge in [0.2, 0.25) is 5.91 Å². The molecule has 128 valence electrons. The minimum atomic E-state index is -0.00236. The van der Waals surface area contributed by atoms with Crippen LogP contribution in [0.1, 0.15) is 54.5 Å². The van der Waals surface area contributed by atoms with Gasteiger partial charge in [0, 0.05) is 21.4 Å². The van der Waals surface area contributed by atoms with E-state index in [4.69, 9.17) is 0 Å². The van der Waals surface area contributed by atoms with E-state index in [1.54, 1.807) is 10.4 Å². The van der Waals surface area contributed by atoms with E-state index in [1.165, 1.54) is 35.3 Å². The summed E-state index contributed by atoms with van der Waals surface area (Å²) in [5.41, 5.74) is 5.27. The zero-order valence-corrected chi connectivity index (χ0v) is 15.9.